The molecular formula is C16H12N2O6. The zero-order valence-corrected chi connectivity index (χ0v) is 12.6. The molecule has 0 N–H and O–H groups in total. The van der Waals surface area contributed by atoms with Crippen molar-refractivity contribution in [3.63, 3.8) is 0 Å². The van der Waals surface area contributed by atoms with Crippen LogP contribution in [0.4, 0.5) is 11.4 Å². The third-order valence-electron chi connectivity index (χ3n) is 3.17. The van der Waals surface area contributed by atoms with Gasteiger partial charge in [0.2, 0.25) is 6.79 Å². The van der Waals surface area contributed by atoms with E-state index in [4.69, 9.17) is 14.2 Å². The first kappa shape index (κ1) is 15.5. The molecule has 8 heteroatoms. The van der Waals surface area contributed by atoms with E-state index in [1.807, 2.05) is 0 Å². The van der Waals surface area contributed by atoms with E-state index in [0.717, 1.165) is 0 Å². The molecule has 122 valence electrons. The fourth-order valence-corrected chi connectivity index (χ4v) is 2.12. The SMILES string of the molecule is CC(=O)Oc1ccc(N=Cc2cc3c(cc2[N+](=O)[O-])OCO3)cc1. The van der Waals surface area contributed by atoms with Gasteiger partial charge in [-0.05, 0) is 30.3 Å². The van der Waals surface area contributed by atoms with Crippen LogP contribution in [0.15, 0.2) is 41.4 Å². The van der Waals surface area contributed by atoms with E-state index >= 15 is 0 Å². The van der Waals surface area contributed by atoms with Crippen molar-refractivity contribution < 1.29 is 23.9 Å². The van der Waals surface area contributed by atoms with Gasteiger partial charge in [-0.15, -0.1) is 0 Å². The van der Waals surface area contributed by atoms with Crippen molar-refractivity contribution in [2.75, 3.05) is 6.79 Å². The Labute approximate surface area is 136 Å². The molecule has 3 rings (SSSR count). The van der Waals surface area contributed by atoms with Gasteiger partial charge < -0.3 is 14.2 Å². The van der Waals surface area contributed by atoms with Gasteiger partial charge in [0.05, 0.1) is 22.2 Å². The highest BCUT2D eigenvalue weighted by molar-refractivity contribution is 5.88. The summed E-state index contributed by atoms with van der Waals surface area (Å²) in [5.74, 6) is 0.759. The molecule has 2 aromatic carbocycles. The molecule has 1 heterocycles. The molecule has 0 aliphatic carbocycles. The van der Waals surface area contributed by atoms with Crippen molar-refractivity contribution in [3.8, 4) is 17.2 Å². The van der Waals surface area contributed by atoms with Gasteiger partial charge in [-0.25, -0.2) is 0 Å². The van der Waals surface area contributed by atoms with E-state index in [1.54, 1.807) is 24.3 Å². The Balaban J connectivity index is 1.86. The van der Waals surface area contributed by atoms with Crippen molar-refractivity contribution in [1.29, 1.82) is 0 Å². The number of ether oxygens (including phenoxy) is 3. The molecule has 1 aliphatic heterocycles. The molecule has 0 unspecified atom stereocenters. The lowest BCUT2D eigenvalue weighted by Crippen LogP contribution is -2.00. The van der Waals surface area contributed by atoms with Gasteiger partial charge >= 0.3 is 5.97 Å². The monoisotopic (exact) mass is 328 g/mol. The standard InChI is InChI=1S/C16H12N2O6/c1-10(19)24-13-4-2-12(3-5-13)17-8-11-6-15-16(23-9-22-15)7-14(11)18(20)21/h2-8H,9H2,1H3. The smallest absolute Gasteiger partial charge is 0.308 e. The van der Waals surface area contributed by atoms with Gasteiger partial charge in [-0.1, -0.05) is 0 Å². The molecule has 8 nitrogen and oxygen atoms in total. The van der Waals surface area contributed by atoms with Crippen LogP contribution in [0, 0.1) is 10.1 Å². The quantitative estimate of drug-likeness (QED) is 0.281. The van der Waals surface area contributed by atoms with Crippen molar-refractivity contribution in [3.05, 3.63) is 52.1 Å². The third-order valence-corrected chi connectivity index (χ3v) is 3.17. The first-order chi connectivity index (χ1) is 11.5. The minimum atomic E-state index is -0.507. The Hall–Kier alpha value is -3.42. The largest absolute Gasteiger partial charge is 0.454 e. The third kappa shape index (κ3) is 3.32. The highest BCUT2D eigenvalue weighted by Crippen LogP contribution is 2.37. The van der Waals surface area contributed by atoms with Crippen molar-refractivity contribution in [2.45, 2.75) is 6.92 Å². The molecule has 0 radical (unpaired) electrons. The maximum atomic E-state index is 11.2. The summed E-state index contributed by atoms with van der Waals surface area (Å²) >= 11 is 0. The second-order valence-electron chi connectivity index (χ2n) is 4.87. The van der Waals surface area contributed by atoms with E-state index in [9.17, 15) is 14.9 Å². The van der Waals surface area contributed by atoms with Crippen LogP contribution in [0.1, 0.15) is 12.5 Å². The van der Waals surface area contributed by atoms with E-state index in [0.29, 0.717) is 28.5 Å². The molecule has 2 aromatic rings. The zero-order chi connectivity index (χ0) is 17.1. The number of hydrogen-bond donors (Lipinski definition) is 0. The van der Waals surface area contributed by atoms with Crippen LogP contribution in [0.25, 0.3) is 0 Å². The van der Waals surface area contributed by atoms with Crippen LogP contribution in [-0.2, 0) is 4.79 Å². The molecule has 0 aromatic heterocycles. The normalized spacial score (nSPS) is 12.4. The molecule has 24 heavy (non-hydrogen) atoms. The summed E-state index contributed by atoms with van der Waals surface area (Å²) in [7, 11) is 0. The Kier molecular flexibility index (Phi) is 4.11. The number of rotatable bonds is 4. The molecule has 0 saturated carbocycles. The summed E-state index contributed by atoms with van der Waals surface area (Å²) in [5, 5.41) is 11.2. The van der Waals surface area contributed by atoms with E-state index < -0.39 is 10.9 Å². The first-order valence-corrected chi connectivity index (χ1v) is 6.93. The minimum Gasteiger partial charge on any atom is -0.454 e. The average Bonchev–Trinajstić information content (AvgIpc) is 3.00. The van der Waals surface area contributed by atoms with Crippen molar-refractivity contribution in [2.24, 2.45) is 4.99 Å². The molecular weight excluding hydrogens is 316 g/mol. The van der Waals surface area contributed by atoms with Crippen molar-refractivity contribution in [1.82, 2.24) is 0 Å². The second-order valence-corrected chi connectivity index (χ2v) is 4.87. The lowest BCUT2D eigenvalue weighted by molar-refractivity contribution is -0.385. The van der Waals surface area contributed by atoms with E-state index in [-0.39, 0.29) is 12.5 Å². The molecule has 0 fully saturated rings. The molecule has 0 bridgehead atoms. The number of hydrogen-bond acceptors (Lipinski definition) is 7. The zero-order valence-electron chi connectivity index (χ0n) is 12.6. The molecule has 0 atom stereocenters. The number of aliphatic imine (C=N–C) groups is 1. The number of carbonyl (C=O) groups excluding carboxylic acids is 1. The Morgan fingerprint density at radius 3 is 2.54 bits per heavy atom. The van der Waals surface area contributed by atoms with Crippen LogP contribution in [0.2, 0.25) is 0 Å². The summed E-state index contributed by atoms with van der Waals surface area (Å²) in [6, 6.07) is 9.26. The van der Waals surface area contributed by atoms with E-state index in [2.05, 4.69) is 4.99 Å². The Bertz CT molecular complexity index is 829. The Morgan fingerprint density at radius 1 is 1.25 bits per heavy atom. The van der Waals surface area contributed by atoms with Gasteiger partial charge in [-0.2, -0.15) is 0 Å². The summed E-state index contributed by atoms with van der Waals surface area (Å²) in [4.78, 5) is 25.7. The maximum Gasteiger partial charge on any atom is 0.308 e. The number of esters is 1. The average molecular weight is 328 g/mol. The Morgan fingerprint density at radius 2 is 1.92 bits per heavy atom. The minimum absolute atomic E-state index is 0.0324. The fraction of sp³-hybridized carbons (Fsp3) is 0.125. The van der Waals surface area contributed by atoms with Crippen molar-refractivity contribution >= 4 is 23.6 Å². The number of carbonyl (C=O) groups is 1. The fourth-order valence-electron chi connectivity index (χ4n) is 2.12. The predicted molar refractivity (Wildman–Crippen MR) is 84.2 cm³/mol. The highest BCUT2D eigenvalue weighted by atomic mass is 16.7. The van der Waals surface area contributed by atoms with Gasteiger partial charge in [0.15, 0.2) is 11.5 Å². The topological polar surface area (TPSA) is 100 Å². The molecule has 1 aliphatic rings. The number of fused-ring (bicyclic) bond motifs is 1. The molecule has 0 saturated heterocycles. The molecule has 0 spiro atoms. The van der Waals surface area contributed by atoms with E-state index in [1.165, 1.54) is 25.3 Å². The van der Waals surface area contributed by atoms with Crippen LogP contribution in [-0.4, -0.2) is 23.9 Å². The van der Waals surface area contributed by atoms with Gasteiger partial charge in [0, 0.05) is 13.1 Å². The lowest BCUT2D eigenvalue weighted by atomic mass is 10.1. The number of nitro groups is 1. The van der Waals surface area contributed by atoms with Crippen LogP contribution >= 0.6 is 0 Å². The van der Waals surface area contributed by atoms with Crippen LogP contribution in [0.3, 0.4) is 0 Å². The highest BCUT2D eigenvalue weighted by Gasteiger charge is 2.22. The maximum absolute atomic E-state index is 11.2. The summed E-state index contributed by atoms with van der Waals surface area (Å²) < 4.78 is 15.3. The van der Waals surface area contributed by atoms with Gasteiger partial charge in [-0.3, -0.25) is 19.9 Å². The van der Waals surface area contributed by atoms with Crippen LogP contribution < -0.4 is 14.2 Å². The summed E-state index contributed by atoms with van der Waals surface area (Å²) in [6.07, 6.45) is 1.38. The number of nitro benzene ring substituents is 1. The summed E-state index contributed by atoms with van der Waals surface area (Å²) in [5.41, 5.74) is 0.728. The van der Waals surface area contributed by atoms with Gasteiger partial charge in [0.25, 0.3) is 5.69 Å². The van der Waals surface area contributed by atoms with Crippen LogP contribution in [0.5, 0.6) is 17.2 Å². The second kappa shape index (κ2) is 6.37. The number of benzene rings is 2. The first-order valence-electron chi connectivity index (χ1n) is 6.93. The summed E-state index contributed by atoms with van der Waals surface area (Å²) in [6.45, 7) is 1.34. The van der Waals surface area contributed by atoms with Gasteiger partial charge in [0.1, 0.15) is 5.75 Å². The predicted octanol–water partition coefficient (Wildman–Crippen LogP) is 3.00. The number of nitrogens with zero attached hydrogens (tertiary/aromatic N) is 2. The molecule has 0 amide bonds. The lowest BCUT2D eigenvalue weighted by Gasteiger charge is -2.02.